The molecule has 0 amide bonds. The van der Waals surface area contributed by atoms with Gasteiger partial charge in [0.1, 0.15) is 5.82 Å². The first kappa shape index (κ1) is 23.1. The molecule has 0 aliphatic carbocycles. The van der Waals surface area contributed by atoms with Crippen molar-refractivity contribution in [2.24, 2.45) is 5.41 Å². The number of nitrogens with one attached hydrogen (secondary N) is 2. The van der Waals surface area contributed by atoms with Crippen LogP contribution in [0.3, 0.4) is 0 Å². The second-order valence-electron chi connectivity index (χ2n) is 6.15. The molecule has 1 aliphatic heterocycles. The summed E-state index contributed by atoms with van der Waals surface area (Å²) in [6.07, 6.45) is -3.64. The summed E-state index contributed by atoms with van der Waals surface area (Å²) >= 11 is 0. The highest BCUT2D eigenvalue weighted by atomic mass is 35.5. The van der Waals surface area contributed by atoms with E-state index >= 15 is 0 Å². The Morgan fingerprint density at radius 3 is 2.42 bits per heavy atom. The summed E-state index contributed by atoms with van der Waals surface area (Å²) in [5.74, 6) is -1.51. The molecular formula is C15H21ClF4N2O3S. The van der Waals surface area contributed by atoms with Crippen LogP contribution < -0.4 is 10.0 Å². The van der Waals surface area contributed by atoms with Crippen LogP contribution in [0.1, 0.15) is 18.4 Å². The molecule has 0 unspecified atom stereocenters. The predicted molar refractivity (Wildman–Crippen MR) is 90.3 cm³/mol. The zero-order valence-electron chi connectivity index (χ0n) is 14.0. The summed E-state index contributed by atoms with van der Waals surface area (Å²) in [4.78, 5) is -0.622. The van der Waals surface area contributed by atoms with Gasteiger partial charge in [0.25, 0.3) is 0 Å². The number of hydrogen-bond donors (Lipinski definition) is 2. The third kappa shape index (κ3) is 5.53. The van der Waals surface area contributed by atoms with Crippen molar-refractivity contribution in [1.29, 1.82) is 0 Å². The lowest BCUT2D eigenvalue weighted by atomic mass is 9.80. The van der Waals surface area contributed by atoms with Gasteiger partial charge in [-0.2, -0.15) is 13.2 Å². The third-order valence-electron chi connectivity index (χ3n) is 4.31. The largest absolute Gasteiger partial charge is 0.419 e. The zero-order chi connectivity index (χ0) is 18.7. The fourth-order valence-corrected chi connectivity index (χ4v) is 4.04. The van der Waals surface area contributed by atoms with E-state index < -0.39 is 37.9 Å². The van der Waals surface area contributed by atoms with E-state index in [4.69, 9.17) is 4.74 Å². The first-order chi connectivity index (χ1) is 11.6. The van der Waals surface area contributed by atoms with Crippen LogP contribution in [0.5, 0.6) is 0 Å². The average Bonchev–Trinajstić information content (AvgIpc) is 2.53. The number of rotatable bonds is 6. The van der Waals surface area contributed by atoms with Crippen LogP contribution in [-0.2, 0) is 20.9 Å². The van der Waals surface area contributed by atoms with Gasteiger partial charge < -0.3 is 10.1 Å². The first-order valence-corrected chi connectivity index (χ1v) is 9.14. The number of hydrogen-bond acceptors (Lipinski definition) is 4. The van der Waals surface area contributed by atoms with Crippen LogP contribution in [0.2, 0.25) is 0 Å². The molecule has 0 bridgehead atoms. The van der Waals surface area contributed by atoms with Crippen LogP contribution in [0, 0.1) is 11.2 Å². The van der Waals surface area contributed by atoms with Crippen LogP contribution in [-0.4, -0.2) is 41.8 Å². The predicted octanol–water partition coefficient (Wildman–Crippen LogP) is 2.56. The summed E-state index contributed by atoms with van der Waals surface area (Å²) in [7, 11) is -2.70. The number of benzene rings is 1. The first-order valence-electron chi connectivity index (χ1n) is 7.66. The quantitative estimate of drug-likeness (QED) is 0.694. The second-order valence-corrected chi connectivity index (χ2v) is 7.91. The zero-order valence-corrected chi connectivity index (χ0v) is 15.7. The van der Waals surface area contributed by atoms with Crippen LogP contribution in [0.25, 0.3) is 0 Å². The minimum atomic E-state index is -4.97. The number of sulfonamides is 1. The van der Waals surface area contributed by atoms with E-state index in [0.717, 1.165) is 6.07 Å². The van der Waals surface area contributed by atoms with Crippen molar-refractivity contribution in [1.82, 2.24) is 10.0 Å². The van der Waals surface area contributed by atoms with Crippen molar-refractivity contribution in [2.75, 3.05) is 33.4 Å². The number of alkyl halides is 3. The topological polar surface area (TPSA) is 67.4 Å². The third-order valence-corrected chi connectivity index (χ3v) is 5.70. The molecule has 1 saturated heterocycles. The molecule has 5 nitrogen and oxygen atoms in total. The van der Waals surface area contributed by atoms with Gasteiger partial charge in [0.15, 0.2) is 0 Å². The molecule has 11 heteroatoms. The number of methoxy groups -OCH3 is 1. The molecule has 26 heavy (non-hydrogen) atoms. The van der Waals surface area contributed by atoms with Crippen LogP contribution in [0.4, 0.5) is 17.6 Å². The molecule has 0 spiro atoms. The SMILES string of the molecule is COCC1(CNS(=O)(=O)c2ccc(F)c(C(F)(F)F)c2)CCNCC1.Cl. The lowest BCUT2D eigenvalue weighted by Crippen LogP contribution is -2.47. The molecule has 0 aromatic heterocycles. The van der Waals surface area contributed by atoms with Crippen molar-refractivity contribution in [3.05, 3.63) is 29.6 Å². The summed E-state index contributed by atoms with van der Waals surface area (Å²) in [5.41, 5.74) is -2.04. The minimum Gasteiger partial charge on any atom is -0.384 e. The van der Waals surface area contributed by atoms with Gasteiger partial charge in [-0.15, -0.1) is 12.4 Å². The molecule has 2 N–H and O–H groups in total. The van der Waals surface area contributed by atoms with Gasteiger partial charge in [-0.05, 0) is 44.1 Å². The summed E-state index contributed by atoms with van der Waals surface area (Å²) in [6.45, 7) is 1.75. The monoisotopic (exact) mass is 420 g/mol. The molecular weight excluding hydrogens is 400 g/mol. The van der Waals surface area contributed by atoms with E-state index in [2.05, 4.69) is 10.0 Å². The summed E-state index contributed by atoms with van der Waals surface area (Å²) in [5, 5.41) is 3.16. The average molecular weight is 421 g/mol. The maximum absolute atomic E-state index is 13.3. The van der Waals surface area contributed by atoms with Gasteiger partial charge in [0.05, 0.1) is 17.1 Å². The highest BCUT2D eigenvalue weighted by Gasteiger charge is 2.36. The van der Waals surface area contributed by atoms with Crippen molar-refractivity contribution >= 4 is 22.4 Å². The Hall–Kier alpha value is -0.940. The molecule has 1 heterocycles. The van der Waals surface area contributed by atoms with Gasteiger partial charge >= 0.3 is 6.18 Å². The fourth-order valence-electron chi connectivity index (χ4n) is 2.86. The standard InChI is InChI=1S/C15H20F4N2O3S.ClH/c1-24-10-14(4-6-20-7-5-14)9-21-25(22,23)11-2-3-13(16)12(8-11)15(17,18)19;/h2-3,8,20-21H,4-7,9-10H2,1H3;1H. The molecule has 150 valence electrons. The molecule has 0 radical (unpaired) electrons. The number of ether oxygens (including phenoxy) is 1. The van der Waals surface area contributed by atoms with Crippen molar-refractivity contribution < 1.29 is 30.7 Å². The Morgan fingerprint density at radius 2 is 1.88 bits per heavy atom. The van der Waals surface area contributed by atoms with Crippen molar-refractivity contribution in [3.63, 3.8) is 0 Å². The van der Waals surface area contributed by atoms with Crippen LogP contribution >= 0.6 is 12.4 Å². The van der Waals surface area contributed by atoms with Gasteiger partial charge in [-0.25, -0.2) is 17.5 Å². The van der Waals surface area contributed by atoms with Crippen LogP contribution in [0.15, 0.2) is 23.1 Å². The lowest BCUT2D eigenvalue weighted by molar-refractivity contribution is -0.140. The van der Waals surface area contributed by atoms with Gasteiger partial charge in [0, 0.05) is 19.1 Å². The summed E-state index contributed by atoms with van der Waals surface area (Å²) < 4.78 is 83.9. The number of halogens is 5. The molecule has 1 fully saturated rings. The fraction of sp³-hybridized carbons (Fsp3) is 0.600. The van der Waals surface area contributed by atoms with E-state index in [1.807, 2.05) is 0 Å². The highest BCUT2D eigenvalue weighted by molar-refractivity contribution is 7.89. The smallest absolute Gasteiger partial charge is 0.384 e. The van der Waals surface area contributed by atoms with E-state index in [9.17, 15) is 26.0 Å². The van der Waals surface area contributed by atoms with Crippen molar-refractivity contribution in [3.8, 4) is 0 Å². The highest BCUT2D eigenvalue weighted by Crippen LogP contribution is 2.33. The van der Waals surface area contributed by atoms with Gasteiger partial charge in [-0.3, -0.25) is 0 Å². The molecule has 0 saturated carbocycles. The van der Waals surface area contributed by atoms with Gasteiger partial charge in [0.2, 0.25) is 10.0 Å². The molecule has 1 aliphatic rings. The van der Waals surface area contributed by atoms with Crippen molar-refractivity contribution in [2.45, 2.75) is 23.9 Å². The Morgan fingerprint density at radius 1 is 1.27 bits per heavy atom. The maximum Gasteiger partial charge on any atom is 0.419 e. The maximum atomic E-state index is 13.3. The lowest BCUT2D eigenvalue weighted by Gasteiger charge is -2.37. The molecule has 1 aromatic carbocycles. The Kier molecular flexibility index (Phi) is 7.85. The Labute approximate surface area is 155 Å². The second kappa shape index (κ2) is 8.83. The minimum absolute atomic E-state index is 0. The molecule has 0 atom stereocenters. The Bertz CT molecular complexity index is 702. The number of piperidine rings is 1. The van der Waals surface area contributed by atoms with E-state index in [1.54, 1.807) is 0 Å². The normalized spacial score (nSPS) is 17.6. The summed E-state index contributed by atoms with van der Waals surface area (Å²) in [6, 6.07) is 1.63. The molecule has 2 rings (SSSR count). The van der Waals surface area contributed by atoms with E-state index in [0.29, 0.717) is 44.7 Å². The van der Waals surface area contributed by atoms with Gasteiger partial charge in [-0.1, -0.05) is 0 Å². The van der Waals surface area contributed by atoms with E-state index in [1.165, 1.54) is 7.11 Å². The van der Waals surface area contributed by atoms with E-state index in [-0.39, 0.29) is 19.0 Å². The molecule has 1 aromatic rings. The Balaban J connectivity index is 0.00000338.